The first-order valence-electron chi connectivity index (χ1n) is 9.63. The molecule has 1 heterocycles. The molecule has 6 heteroatoms. The number of aromatic nitrogens is 1. The molecule has 0 aliphatic heterocycles. The molecule has 0 unspecified atom stereocenters. The second-order valence-electron chi connectivity index (χ2n) is 6.83. The van der Waals surface area contributed by atoms with Gasteiger partial charge in [-0.3, -0.25) is 9.79 Å². The second-order valence-corrected chi connectivity index (χ2v) is 7.24. The SMILES string of the molecule is C/N=C(/c1ccccc1)c1c(C)cc(OCC(=O)NCc2ccccc2Cl)nc1C. The lowest BCUT2D eigenvalue weighted by Crippen LogP contribution is -2.28. The first-order chi connectivity index (χ1) is 14.5. The number of halogens is 1. The van der Waals surface area contributed by atoms with Crippen molar-refractivity contribution in [2.24, 2.45) is 4.99 Å². The number of ether oxygens (including phenoxy) is 1. The summed E-state index contributed by atoms with van der Waals surface area (Å²) in [5, 5.41) is 3.42. The Labute approximate surface area is 181 Å². The van der Waals surface area contributed by atoms with E-state index in [1.807, 2.05) is 68.4 Å². The van der Waals surface area contributed by atoms with Crippen molar-refractivity contribution in [3.8, 4) is 5.88 Å². The minimum absolute atomic E-state index is 0.122. The molecule has 1 N–H and O–H groups in total. The monoisotopic (exact) mass is 421 g/mol. The van der Waals surface area contributed by atoms with Crippen LogP contribution in [-0.4, -0.2) is 30.3 Å². The summed E-state index contributed by atoms with van der Waals surface area (Å²) in [5.74, 6) is 0.168. The smallest absolute Gasteiger partial charge is 0.258 e. The average molecular weight is 422 g/mol. The summed E-state index contributed by atoms with van der Waals surface area (Å²) in [4.78, 5) is 21.2. The Morgan fingerprint density at radius 1 is 1.10 bits per heavy atom. The Bertz CT molecular complexity index is 1040. The van der Waals surface area contributed by atoms with Gasteiger partial charge in [-0.15, -0.1) is 0 Å². The largest absolute Gasteiger partial charge is 0.468 e. The Kier molecular flexibility index (Phi) is 7.20. The summed E-state index contributed by atoms with van der Waals surface area (Å²) in [7, 11) is 1.77. The van der Waals surface area contributed by atoms with Crippen LogP contribution in [0.25, 0.3) is 0 Å². The van der Waals surface area contributed by atoms with Crippen molar-refractivity contribution in [2.75, 3.05) is 13.7 Å². The highest BCUT2D eigenvalue weighted by molar-refractivity contribution is 6.31. The standard InChI is InChI=1S/C24H24ClN3O2/c1-16-13-22(30-15-21(29)27-14-19-11-7-8-12-20(19)25)28-17(2)23(16)24(26-3)18-9-5-4-6-10-18/h4-13H,14-15H2,1-3H3,(H,27,29)/b26-24-. The Morgan fingerprint density at radius 3 is 2.47 bits per heavy atom. The molecule has 0 saturated carbocycles. The van der Waals surface area contributed by atoms with Gasteiger partial charge in [0.1, 0.15) is 0 Å². The van der Waals surface area contributed by atoms with E-state index in [1.165, 1.54) is 0 Å². The molecule has 154 valence electrons. The van der Waals surface area contributed by atoms with Crippen molar-refractivity contribution in [1.29, 1.82) is 0 Å². The lowest BCUT2D eigenvalue weighted by molar-refractivity contribution is -0.123. The minimum Gasteiger partial charge on any atom is -0.468 e. The number of pyridine rings is 1. The van der Waals surface area contributed by atoms with Crippen LogP contribution in [0.2, 0.25) is 5.02 Å². The Morgan fingerprint density at radius 2 is 1.80 bits per heavy atom. The third-order valence-corrected chi connectivity index (χ3v) is 5.04. The van der Waals surface area contributed by atoms with Crippen molar-refractivity contribution in [3.63, 3.8) is 0 Å². The van der Waals surface area contributed by atoms with Crippen LogP contribution >= 0.6 is 11.6 Å². The molecule has 1 aromatic heterocycles. The van der Waals surface area contributed by atoms with Gasteiger partial charge < -0.3 is 10.1 Å². The normalized spacial score (nSPS) is 11.3. The number of amides is 1. The molecule has 0 saturated heterocycles. The number of benzene rings is 2. The topological polar surface area (TPSA) is 63.6 Å². The van der Waals surface area contributed by atoms with E-state index >= 15 is 0 Å². The molecular formula is C24H24ClN3O2. The van der Waals surface area contributed by atoms with E-state index in [9.17, 15) is 4.79 Å². The predicted molar refractivity (Wildman–Crippen MR) is 121 cm³/mol. The van der Waals surface area contributed by atoms with E-state index in [2.05, 4.69) is 15.3 Å². The number of nitrogens with zero attached hydrogens (tertiary/aromatic N) is 2. The van der Waals surface area contributed by atoms with Gasteiger partial charge in [0, 0.05) is 35.8 Å². The van der Waals surface area contributed by atoms with Crippen LogP contribution in [0.5, 0.6) is 5.88 Å². The Balaban J connectivity index is 1.67. The fourth-order valence-corrected chi connectivity index (χ4v) is 3.44. The van der Waals surface area contributed by atoms with Gasteiger partial charge in [-0.1, -0.05) is 60.1 Å². The third kappa shape index (κ3) is 5.24. The molecule has 0 aliphatic rings. The number of aryl methyl sites for hydroxylation is 2. The van der Waals surface area contributed by atoms with Crippen molar-refractivity contribution < 1.29 is 9.53 Å². The number of hydrogen-bond acceptors (Lipinski definition) is 4. The molecule has 3 aromatic rings. The average Bonchev–Trinajstić information content (AvgIpc) is 2.75. The number of aliphatic imine (C=N–C) groups is 1. The van der Waals surface area contributed by atoms with Crippen LogP contribution in [0.3, 0.4) is 0 Å². The number of carbonyl (C=O) groups is 1. The zero-order chi connectivity index (χ0) is 21.5. The highest BCUT2D eigenvalue weighted by atomic mass is 35.5. The maximum atomic E-state index is 12.2. The lowest BCUT2D eigenvalue weighted by Gasteiger charge is -2.14. The molecule has 0 spiro atoms. The quantitative estimate of drug-likeness (QED) is 0.570. The first-order valence-corrected chi connectivity index (χ1v) is 10.0. The summed E-state index contributed by atoms with van der Waals surface area (Å²) >= 11 is 6.11. The maximum Gasteiger partial charge on any atom is 0.258 e. The van der Waals surface area contributed by atoms with Gasteiger partial charge in [0.05, 0.1) is 11.4 Å². The summed E-state index contributed by atoms with van der Waals surface area (Å²) in [6, 6.07) is 19.2. The van der Waals surface area contributed by atoms with Crippen molar-refractivity contribution >= 4 is 23.2 Å². The van der Waals surface area contributed by atoms with E-state index in [0.717, 1.165) is 33.7 Å². The summed E-state index contributed by atoms with van der Waals surface area (Å²) < 4.78 is 5.63. The van der Waals surface area contributed by atoms with Gasteiger partial charge in [0.25, 0.3) is 5.91 Å². The molecular weight excluding hydrogens is 398 g/mol. The fourth-order valence-electron chi connectivity index (χ4n) is 3.24. The van der Waals surface area contributed by atoms with Crippen LogP contribution in [0.4, 0.5) is 0 Å². The number of nitrogens with one attached hydrogen (secondary N) is 1. The van der Waals surface area contributed by atoms with E-state index in [1.54, 1.807) is 13.1 Å². The van der Waals surface area contributed by atoms with Crippen LogP contribution in [0, 0.1) is 13.8 Å². The zero-order valence-electron chi connectivity index (χ0n) is 17.3. The third-order valence-electron chi connectivity index (χ3n) is 4.67. The molecule has 3 rings (SSSR count). The lowest BCUT2D eigenvalue weighted by atomic mass is 9.97. The summed E-state index contributed by atoms with van der Waals surface area (Å²) in [5.41, 5.74) is 5.51. The fraction of sp³-hybridized carbons (Fsp3) is 0.208. The van der Waals surface area contributed by atoms with Gasteiger partial charge in [-0.2, -0.15) is 0 Å². The molecule has 2 aromatic carbocycles. The number of hydrogen-bond donors (Lipinski definition) is 1. The van der Waals surface area contributed by atoms with Crippen molar-refractivity contribution in [3.05, 3.63) is 93.6 Å². The van der Waals surface area contributed by atoms with Crippen LogP contribution in [0.15, 0.2) is 65.7 Å². The predicted octanol–water partition coefficient (Wildman–Crippen LogP) is 4.51. The van der Waals surface area contributed by atoms with Gasteiger partial charge in [0.2, 0.25) is 5.88 Å². The van der Waals surface area contributed by atoms with E-state index in [0.29, 0.717) is 17.4 Å². The van der Waals surface area contributed by atoms with Crippen LogP contribution < -0.4 is 10.1 Å². The van der Waals surface area contributed by atoms with Crippen LogP contribution in [-0.2, 0) is 11.3 Å². The van der Waals surface area contributed by atoms with Gasteiger partial charge in [0.15, 0.2) is 6.61 Å². The molecule has 0 atom stereocenters. The van der Waals surface area contributed by atoms with Crippen LogP contribution in [0.1, 0.15) is 27.9 Å². The van der Waals surface area contributed by atoms with Gasteiger partial charge in [-0.05, 0) is 31.0 Å². The number of carbonyl (C=O) groups excluding carboxylic acids is 1. The highest BCUT2D eigenvalue weighted by Crippen LogP contribution is 2.22. The zero-order valence-corrected chi connectivity index (χ0v) is 18.0. The first kappa shape index (κ1) is 21.5. The molecule has 0 radical (unpaired) electrons. The molecule has 30 heavy (non-hydrogen) atoms. The molecule has 5 nitrogen and oxygen atoms in total. The van der Waals surface area contributed by atoms with E-state index < -0.39 is 0 Å². The molecule has 0 aliphatic carbocycles. The molecule has 0 bridgehead atoms. The molecule has 0 fully saturated rings. The van der Waals surface area contributed by atoms with Crippen molar-refractivity contribution in [2.45, 2.75) is 20.4 Å². The Hall–Kier alpha value is -3.18. The van der Waals surface area contributed by atoms with Gasteiger partial charge in [-0.25, -0.2) is 4.98 Å². The minimum atomic E-state index is -0.240. The molecule has 1 amide bonds. The van der Waals surface area contributed by atoms with E-state index in [4.69, 9.17) is 16.3 Å². The summed E-state index contributed by atoms with van der Waals surface area (Å²) in [6.07, 6.45) is 0. The maximum absolute atomic E-state index is 12.2. The van der Waals surface area contributed by atoms with Crippen molar-refractivity contribution in [1.82, 2.24) is 10.3 Å². The van der Waals surface area contributed by atoms with Gasteiger partial charge >= 0.3 is 0 Å². The second kappa shape index (κ2) is 10.0. The van der Waals surface area contributed by atoms with E-state index in [-0.39, 0.29) is 12.5 Å². The number of rotatable bonds is 7. The highest BCUT2D eigenvalue weighted by Gasteiger charge is 2.15. The summed E-state index contributed by atoms with van der Waals surface area (Å²) in [6.45, 7) is 4.13.